The molecule has 0 aliphatic rings. The van der Waals surface area contributed by atoms with Crippen molar-refractivity contribution < 1.29 is 85.1 Å². The molecule has 4 rings (SSSR count). The van der Waals surface area contributed by atoms with Gasteiger partial charge in [0.05, 0.1) is 9.79 Å². The van der Waals surface area contributed by atoms with Crippen molar-refractivity contribution in [1.82, 2.24) is 0 Å². The van der Waals surface area contributed by atoms with Gasteiger partial charge in [-0.1, -0.05) is 97.1 Å². The second-order valence-corrected chi connectivity index (χ2v) is 10.6. The van der Waals surface area contributed by atoms with Crippen LogP contribution in [0.5, 0.6) is 0 Å². The molecule has 0 atom stereocenters. The van der Waals surface area contributed by atoms with Gasteiger partial charge in [-0.15, -0.1) is 0 Å². The van der Waals surface area contributed by atoms with E-state index in [0.29, 0.717) is 11.1 Å². The van der Waals surface area contributed by atoms with Crippen molar-refractivity contribution in [2.45, 2.75) is 9.79 Å². The molecule has 0 fully saturated rings. The van der Waals surface area contributed by atoms with Crippen molar-refractivity contribution in [3.63, 3.8) is 0 Å². The van der Waals surface area contributed by atoms with Crippen LogP contribution in [0.25, 0.3) is 35.4 Å². The van der Waals surface area contributed by atoms with Crippen LogP contribution in [-0.2, 0) is 20.2 Å². The summed E-state index contributed by atoms with van der Waals surface area (Å²) in [5, 5.41) is 0. The molecule has 0 aliphatic carbocycles. The van der Waals surface area contributed by atoms with Crippen LogP contribution in [0.2, 0.25) is 0 Å². The Morgan fingerprint density at radius 2 is 0.842 bits per heavy atom. The molecule has 0 spiro atoms. The Morgan fingerprint density at radius 1 is 0.474 bits per heavy atom. The van der Waals surface area contributed by atoms with Crippen LogP contribution in [0.15, 0.2) is 107 Å². The summed E-state index contributed by atoms with van der Waals surface area (Å²) in [6.07, 6.45) is 6.64. The molecule has 0 unspecified atom stereocenters. The molecule has 0 amide bonds. The summed E-state index contributed by atoms with van der Waals surface area (Å²) in [7, 11) is -9.18. The average Bonchev–Trinajstić information content (AvgIpc) is 2.86. The monoisotopic (exact) mass is 562 g/mol. The van der Waals surface area contributed by atoms with E-state index in [1.165, 1.54) is 24.3 Å². The molecule has 10 heteroatoms. The third kappa shape index (κ3) is 8.59. The predicted octanol–water partition coefficient (Wildman–Crippen LogP) is -0.489. The summed E-state index contributed by atoms with van der Waals surface area (Å²) in [6.45, 7) is 0. The summed E-state index contributed by atoms with van der Waals surface area (Å²) >= 11 is 0. The molecule has 4 aromatic carbocycles. The van der Waals surface area contributed by atoms with E-state index in [2.05, 4.69) is 0 Å². The fourth-order valence-electron chi connectivity index (χ4n) is 3.71. The zero-order valence-electron chi connectivity index (χ0n) is 20.8. The first-order chi connectivity index (χ1) is 17.1. The first-order valence-corrected chi connectivity index (χ1v) is 13.6. The van der Waals surface area contributed by atoms with Crippen LogP contribution in [0.1, 0.15) is 22.3 Å². The van der Waals surface area contributed by atoms with Crippen molar-refractivity contribution in [2.24, 2.45) is 0 Å². The van der Waals surface area contributed by atoms with Crippen molar-refractivity contribution in [3.05, 3.63) is 119 Å². The van der Waals surface area contributed by atoms with E-state index in [1.54, 1.807) is 48.6 Å². The summed E-state index contributed by atoms with van der Waals surface area (Å²) in [5.74, 6) is 0. The van der Waals surface area contributed by atoms with Gasteiger partial charge in [-0.3, -0.25) is 0 Å². The Hall–Kier alpha value is -1.82. The van der Waals surface area contributed by atoms with Crippen molar-refractivity contribution in [3.8, 4) is 11.1 Å². The first kappa shape index (κ1) is 32.4. The maximum absolute atomic E-state index is 11.5. The van der Waals surface area contributed by atoms with Crippen LogP contribution >= 0.6 is 0 Å². The number of benzene rings is 4. The van der Waals surface area contributed by atoms with Gasteiger partial charge in [0.15, 0.2) is 0 Å². The second-order valence-electron chi connectivity index (χ2n) is 7.90. The zero-order chi connectivity index (χ0) is 25.8. The second kappa shape index (κ2) is 14.0. The van der Waals surface area contributed by atoms with Gasteiger partial charge in [0.2, 0.25) is 0 Å². The van der Waals surface area contributed by atoms with Gasteiger partial charge in [0, 0.05) is 0 Å². The summed E-state index contributed by atoms with van der Waals surface area (Å²) < 4.78 is 69.0. The predicted molar refractivity (Wildman–Crippen MR) is 139 cm³/mol. The van der Waals surface area contributed by atoms with Crippen molar-refractivity contribution in [2.75, 3.05) is 0 Å². The quantitative estimate of drug-likeness (QED) is 0.171. The molecule has 0 aromatic heterocycles. The van der Waals surface area contributed by atoms with E-state index < -0.39 is 20.2 Å². The Bertz CT molecular complexity index is 1570. The van der Waals surface area contributed by atoms with Crippen LogP contribution in [-0.4, -0.2) is 25.9 Å². The van der Waals surface area contributed by atoms with Gasteiger partial charge in [0.1, 0.15) is 20.2 Å². The third-order valence-corrected chi connectivity index (χ3v) is 7.21. The summed E-state index contributed by atoms with van der Waals surface area (Å²) in [6, 6.07) is 27.2. The van der Waals surface area contributed by atoms with Crippen LogP contribution in [0, 0.1) is 0 Å². The Labute approximate surface area is 267 Å². The Morgan fingerprint density at radius 3 is 1.21 bits per heavy atom. The molecule has 0 N–H and O–H groups in total. The van der Waals surface area contributed by atoms with Gasteiger partial charge >= 0.3 is 59.1 Å². The number of hydrogen-bond acceptors (Lipinski definition) is 6. The van der Waals surface area contributed by atoms with Crippen molar-refractivity contribution in [1.29, 1.82) is 0 Å². The Kier molecular flexibility index (Phi) is 11.9. The standard InChI is InChI=1S/C28H22O6S2.2Na/c29-35(30,31)27-13-3-1-9-23(27)17-15-21-7-5-11-25(19-21)26-12-6-8-22(20-26)16-18-24-10-2-4-14-28(24)36(32,33)34;;/h1-20H,(H,29,30,31)(H,32,33,34);;/q;2*+1/p-2. The molecule has 182 valence electrons. The third-order valence-electron chi connectivity index (χ3n) is 5.39. The number of hydrogen-bond donors (Lipinski definition) is 0. The molecule has 0 aliphatic heterocycles. The van der Waals surface area contributed by atoms with E-state index >= 15 is 0 Å². The molecule has 38 heavy (non-hydrogen) atoms. The smallest absolute Gasteiger partial charge is 0.744 e. The zero-order valence-corrected chi connectivity index (χ0v) is 26.4. The molecule has 4 aromatic rings. The van der Waals surface area contributed by atoms with E-state index in [-0.39, 0.29) is 68.9 Å². The average molecular weight is 563 g/mol. The maximum Gasteiger partial charge on any atom is 1.00 e. The van der Waals surface area contributed by atoms with Crippen LogP contribution < -0.4 is 59.1 Å². The van der Waals surface area contributed by atoms with Crippen molar-refractivity contribution >= 4 is 44.5 Å². The fourth-order valence-corrected chi connectivity index (χ4v) is 5.05. The topological polar surface area (TPSA) is 114 Å². The molecule has 0 bridgehead atoms. The van der Waals surface area contributed by atoms with Gasteiger partial charge in [0.25, 0.3) is 0 Å². The van der Waals surface area contributed by atoms with Crippen LogP contribution in [0.4, 0.5) is 0 Å². The van der Waals surface area contributed by atoms with E-state index in [0.717, 1.165) is 22.3 Å². The van der Waals surface area contributed by atoms with E-state index in [4.69, 9.17) is 0 Å². The maximum atomic E-state index is 11.5. The van der Waals surface area contributed by atoms with E-state index in [1.807, 2.05) is 48.5 Å². The molecule has 0 heterocycles. The van der Waals surface area contributed by atoms with Gasteiger partial charge in [-0.2, -0.15) is 0 Å². The fraction of sp³-hybridized carbons (Fsp3) is 0. The first-order valence-electron chi connectivity index (χ1n) is 10.8. The SMILES string of the molecule is O=S(=O)([O-])c1ccccc1C=Cc1cccc(-c2cccc(C=Cc3ccccc3S(=O)(=O)[O-])c2)c1.[Na+].[Na+]. The molecular formula is C28H20Na2O6S2. The normalized spacial score (nSPS) is 11.7. The van der Waals surface area contributed by atoms with E-state index in [9.17, 15) is 25.9 Å². The van der Waals surface area contributed by atoms with Gasteiger partial charge < -0.3 is 9.11 Å². The van der Waals surface area contributed by atoms with Gasteiger partial charge in [-0.05, 0) is 57.6 Å². The molecule has 0 saturated carbocycles. The molecular weight excluding hydrogens is 542 g/mol. The molecule has 6 nitrogen and oxygen atoms in total. The molecule has 0 saturated heterocycles. The summed E-state index contributed by atoms with van der Waals surface area (Å²) in [4.78, 5) is -0.550. The van der Waals surface area contributed by atoms with Gasteiger partial charge in [-0.25, -0.2) is 16.8 Å². The summed E-state index contributed by atoms with van der Waals surface area (Å²) in [5.41, 5.74) is 4.04. The number of rotatable bonds is 7. The minimum absolute atomic E-state index is 0. The molecule has 0 radical (unpaired) electrons. The largest absolute Gasteiger partial charge is 1.00 e. The van der Waals surface area contributed by atoms with Crippen LogP contribution in [0.3, 0.4) is 0 Å². The Balaban J connectivity index is 0.00000253. The minimum atomic E-state index is -4.59. The minimum Gasteiger partial charge on any atom is -0.744 e.